The number of hydrogen-bond acceptors (Lipinski definition) is 6. The van der Waals surface area contributed by atoms with Gasteiger partial charge < -0.3 is 20.7 Å². The third-order valence-corrected chi connectivity index (χ3v) is 4.04. The van der Waals surface area contributed by atoms with Gasteiger partial charge in [-0.3, -0.25) is 4.79 Å². The van der Waals surface area contributed by atoms with Crippen molar-refractivity contribution < 1.29 is 9.53 Å². The highest BCUT2D eigenvalue weighted by molar-refractivity contribution is 7.11. The molecular weight excluding hydrogens is 276 g/mol. The fraction of sp³-hybridized carbons (Fsp3) is 0.692. The SMILES string of the molecule is CC(C)OCCN(C)c1snc(N)c1C(=O)NC1CC1. The Morgan fingerprint density at radius 2 is 2.30 bits per heavy atom. The second-order valence-electron chi connectivity index (χ2n) is 5.34. The standard InChI is InChI=1S/C13H22N4O2S/c1-8(2)19-7-6-17(3)13-10(11(14)16-20-13)12(18)15-9-4-5-9/h8-9H,4-7H2,1-3H3,(H2,14,16)(H,15,18). The number of nitrogen functional groups attached to an aromatic ring is 1. The minimum atomic E-state index is -0.120. The van der Waals surface area contributed by atoms with E-state index in [-0.39, 0.29) is 12.0 Å². The van der Waals surface area contributed by atoms with Gasteiger partial charge in [0.2, 0.25) is 0 Å². The highest BCUT2D eigenvalue weighted by atomic mass is 32.1. The second kappa shape index (κ2) is 6.41. The van der Waals surface area contributed by atoms with Gasteiger partial charge in [-0.25, -0.2) is 0 Å². The van der Waals surface area contributed by atoms with E-state index in [1.165, 1.54) is 11.5 Å². The number of carbonyl (C=O) groups excluding carboxylic acids is 1. The minimum Gasteiger partial charge on any atom is -0.382 e. The summed E-state index contributed by atoms with van der Waals surface area (Å²) in [5.74, 6) is 0.185. The van der Waals surface area contributed by atoms with E-state index in [0.29, 0.717) is 30.6 Å². The molecule has 1 heterocycles. The van der Waals surface area contributed by atoms with Crippen LogP contribution in [0.25, 0.3) is 0 Å². The van der Waals surface area contributed by atoms with Crippen molar-refractivity contribution in [2.75, 3.05) is 30.8 Å². The van der Waals surface area contributed by atoms with E-state index in [2.05, 4.69) is 9.69 Å². The van der Waals surface area contributed by atoms with Crippen LogP contribution in [0.1, 0.15) is 37.0 Å². The zero-order chi connectivity index (χ0) is 14.7. The maximum atomic E-state index is 12.2. The van der Waals surface area contributed by atoms with Gasteiger partial charge in [-0.1, -0.05) is 0 Å². The van der Waals surface area contributed by atoms with Crippen LogP contribution in [0.4, 0.5) is 10.8 Å². The van der Waals surface area contributed by atoms with Crippen LogP contribution in [0, 0.1) is 0 Å². The minimum absolute atomic E-state index is 0.120. The van der Waals surface area contributed by atoms with E-state index in [1.54, 1.807) is 0 Å². The zero-order valence-corrected chi connectivity index (χ0v) is 13.0. The Morgan fingerprint density at radius 1 is 1.60 bits per heavy atom. The lowest BCUT2D eigenvalue weighted by atomic mass is 10.2. The molecule has 0 atom stereocenters. The summed E-state index contributed by atoms with van der Waals surface area (Å²) in [6.45, 7) is 5.30. The number of hydrogen-bond donors (Lipinski definition) is 2. The topological polar surface area (TPSA) is 80.5 Å². The van der Waals surface area contributed by atoms with Crippen LogP contribution in [0.5, 0.6) is 0 Å². The summed E-state index contributed by atoms with van der Waals surface area (Å²) in [6.07, 6.45) is 2.31. The number of rotatable bonds is 7. The number of nitrogens with two attached hydrogens (primary N) is 1. The second-order valence-corrected chi connectivity index (χ2v) is 6.09. The summed E-state index contributed by atoms with van der Waals surface area (Å²) in [5, 5.41) is 3.76. The molecule has 1 aliphatic rings. The van der Waals surface area contributed by atoms with Crippen molar-refractivity contribution in [3.8, 4) is 0 Å². The maximum Gasteiger partial charge on any atom is 0.258 e. The molecule has 1 aromatic rings. The summed E-state index contributed by atoms with van der Waals surface area (Å²) in [5.41, 5.74) is 6.33. The van der Waals surface area contributed by atoms with Crippen molar-refractivity contribution in [3.63, 3.8) is 0 Å². The van der Waals surface area contributed by atoms with Crippen LogP contribution in [-0.2, 0) is 4.74 Å². The monoisotopic (exact) mass is 298 g/mol. The molecule has 6 nitrogen and oxygen atoms in total. The predicted octanol–water partition coefficient (Wildman–Crippen LogP) is 1.48. The van der Waals surface area contributed by atoms with Crippen LogP contribution in [-0.4, -0.2) is 42.6 Å². The molecule has 0 radical (unpaired) electrons. The Labute approximate surface area is 123 Å². The third-order valence-electron chi connectivity index (χ3n) is 3.06. The van der Waals surface area contributed by atoms with E-state index >= 15 is 0 Å². The summed E-state index contributed by atoms with van der Waals surface area (Å²) in [4.78, 5) is 14.2. The number of ether oxygens (including phenoxy) is 1. The number of aromatic nitrogens is 1. The van der Waals surface area contributed by atoms with Crippen LogP contribution in [0.3, 0.4) is 0 Å². The first-order valence-electron chi connectivity index (χ1n) is 6.87. The van der Waals surface area contributed by atoms with Gasteiger partial charge in [0.1, 0.15) is 10.6 Å². The fourth-order valence-corrected chi connectivity index (χ4v) is 2.57. The molecule has 0 aromatic carbocycles. The molecule has 1 amide bonds. The first-order valence-corrected chi connectivity index (χ1v) is 7.65. The number of likely N-dealkylation sites (N-methyl/N-ethyl adjacent to an activating group) is 1. The lowest BCUT2D eigenvalue weighted by Crippen LogP contribution is -2.29. The number of anilines is 2. The number of nitrogens with zero attached hydrogens (tertiary/aromatic N) is 2. The van der Waals surface area contributed by atoms with Gasteiger partial charge in [-0.05, 0) is 38.2 Å². The predicted molar refractivity (Wildman–Crippen MR) is 81.4 cm³/mol. The van der Waals surface area contributed by atoms with Gasteiger partial charge in [0, 0.05) is 19.6 Å². The lowest BCUT2D eigenvalue weighted by molar-refractivity contribution is 0.0845. The molecule has 7 heteroatoms. The summed E-state index contributed by atoms with van der Waals surface area (Å²) < 4.78 is 9.63. The molecule has 0 spiro atoms. The molecule has 0 unspecified atom stereocenters. The Morgan fingerprint density at radius 3 is 2.90 bits per heavy atom. The average Bonchev–Trinajstić information content (AvgIpc) is 3.08. The van der Waals surface area contributed by atoms with Gasteiger partial charge in [0.05, 0.1) is 12.7 Å². The summed E-state index contributed by atoms with van der Waals surface area (Å²) >= 11 is 1.25. The normalized spacial score (nSPS) is 14.6. The molecule has 0 saturated heterocycles. The van der Waals surface area contributed by atoms with Crippen molar-refractivity contribution in [1.82, 2.24) is 9.69 Å². The van der Waals surface area contributed by atoms with Gasteiger partial charge in [0.25, 0.3) is 5.91 Å². The highest BCUT2D eigenvalue weighted by Crippen LogP contribution is 2.30. The van der Waals surface area contributed by atoms with Gasteiger partial charge in [-0.2, -0.15) is 4.37 Å². The molecule has 1 saturated carbocycles. The van der Waals surface area contributed by atoms with Gasteiger partial charge in [0.15, 0.2) is 5.82 Å². The first kappa shape index (κ1) is 15.1. The highest BCUT2D eigenvalue weighted by Gasteiger charge is 2.28. The number of carbonyl (C=O) groups is 1. The van der Waals surface area contributed by atoms with E-state index in [0.717, 1.165) is 17.8 Å². The van der Waals surface area contributed by atoms with Crippen LogP contribution >= 0.6 is 11.5 Å². The molecule has 1 aliphatic carbocycles. The van der Waals surface area contributed by atoms with Gasteiger partial charge >= 0.3 is 0 Å². The first-order chi connectivity index (χ1) is 9.49. The smallest absolute Gasteiger partial charge is 0.258 e. The molecule has 0 aliphatic heterocycles. The molecular formula is C13H22N4O2S. The van der Waals surface area contributed by atoms with Crippen molar-refractivity contribution in [2.24, 2.45) is 0 Å². The quantitative estimate of drug-likeness (QED) is 0.797. The lowest BCUT2D eigenvalue weighted by Gasteiger charge is -2.19. The maximum absolute atomic E-state index is 12.2. The van der Waals surface area contributed by atoms with Crippen LogP contribution < -0.4 is 16.0 Å². The third kappa shape index (κ3) is 3.83. The fourth-order valence-electron chi connectivity index (χ4n) is 1.78. The molecule has 3 N–H and O–H groups in total. The molecule has 20 heavy (non-hydrogen) atoms. The van der Waals surface area contributed by atoms with Crippen molar-refractivity contribution in [3.05, 3.63) is 5.56 Å². The van der Waals surface area contributed by atoms with Crippen molar-refractivity contribution in [1.29, 1.82) is 0 Å². The molecule has 0 bridgehead atoms. The number of amides is 1. The van der Waals surface area contributed by atoms with Crippen molar-refractivity contribution in [2.45, 2.75) is 38.8 Å². The van der Waals surface area contributed by atoms with E-state index in [1.807, 2.05) is 25.8 Å². The van der Waals surface area contributed by atoms with E-state index in [4.69, 9.17) is 10.5 Å². The van der Waals surface area contributed by atoms with Gasteiger partial charge in [-0.15, -0.1) is 0 Å². The van der Waals surface area contributed by atoms with Crippen LogP contribution in [0.15, 0.2) is 0 Å². The zero-order valence-electron chi connectivity index (χ0n) is 12.2. The molecule has 112 valence electrons. The van der Waals surface area contributed by atoms with E-state index in [9.17, 15) is 4.79 Å². The Bertz CT molecular complexity index is 471. The molecule has 2 rings (SSSR count). The Balaban J connectivity index is 2.01. The molecule has 1 fully saturated rings. The summed E-state index contributed by atoms with van der Waals surface area (Å²) in [7, 11) is 1.92. The van der Waals surface area contributed by atoms with Crippen LogP contribution in [0.2, 0.25) is 0 Å². The largest absolute Gasteiger partial charge is 0.382 e. The Kier molecular flexibility index (Phi) is 4.82. The molecule has 1 aromatic heterocycles. The number of nitrogens with one attached hydrogen (secondary N) is 1. The summed E-state index contributed by atoms with van der Waals surface area (Å²) in [6, 6.07) is 0.309. The average molecular weight is 298 g/mol. The van der Waals surface area contributed by atoms with Crippen molar-refractivity contribution >= 4 is 28.3 Å². The Hall–Kier alpha value is -1.34. The van der Waals surface area contributed by atoms with E-state index < -0.39 is 0 Å².